The van der Waals surface area contributed by atoms with Crippen molar-refractivity contribution in [3.63, 3.8) is 0 Å². The van der Waals surface area contributed by atoms with Crippen molar-refractivity contribution >= 4 is 17.5 Å². The number of halogens is 2. The predicted octanol–water partition coefficient (Wildman–Crippen LogP) is 2.93. The highest BCUT2D eigenvalue weighted by molar-refractivity contribution is 6.08. The van der Waals surface area contributed by atoms with Crippen molar-refractivity contribution in [2.75, 3.05) is 5.32 Å². The second kappa shape index (κ2) is 6.31. The quantitative estimate of drug-likeness (QED) is 0.877. The van der Waals surface area contributed by atoms with Crippen LogP contribution in [0.2, 0.25) is 0 Å². The van der Waals surface area contributed by atoms with Crippen LogP contribution in [0.15, 0.2) is 18.2 Å². The molecule has 3 rings (SSSR count). The molecule has 0 bridgehead atoms. The molecular formula is C18H19F2N3O2. The van der Waals surface area contributed by atoms with Gasteiger partial charge in [-0.1, -0.05) is 0 Å². The van der Waals surface area contributed by atoms with Crippen molar-refractivity contribution in [3.05, 3.63) is 52.3 Å². The minimum absolute atomic E-state index is 0.0201. The molecule has 1 aromatic carbocycles. The molecule has 1 aliphatic heterocycles. The fourth-order valence-electron chi connectivity index (χ4n) is 3.20. The molecule has 0 aliphatic carbocycles. The summed E-state index contributed by atoms with van der Waals surface area (Å²) in [5.74, 6) is -2.67. The number of rotatable bonds is 2. The molecule has 0 saturated heterocycles. The average molecular weight is 347 g/mol. The Labute approximate surface area is 144 Å². The number of hydrogen-bond donors (Lipinski definition) is 2. The predicted molar refractivity (Wildman–Crippen MR) is 89.7 cm³/mol. The summed E-state index contributed by atoms with van der Waals surface area (Å²) in [4.78, 5) is 25.2. The highest BCUT2D eigenvalue weighted by atomic mass is 19.2. The van der Waals surface area contributed by atoms with Crippen molar-refractivity contribution < 1.29 is 18.4 Å². The Hall–Kier alpha value is -2.70. The van der Waals surface area contributed by atoms with Crippen LogP contribution >= 0.6 is 0 Å². The van der Waals surface area contributed by atoms with E-state index >= 15 is 0 Å². The van der Waals surface area contributed by atoms with Crippen LogP contribution in [0.4, 0.5) is 14.5 Å². The topological polar surface area (TPSA) is 63.1 Å². The number of benzene rings is 1. The normalized spacial score (nSPS) is 16.8. The van der Waals surface area contributed by atoms with Gasteiger partial charge in [-0.25, -0.2) is 8.78 Å². The Morgan fingerprint density at radius 3 is 2.72 bits per heavy atom. The van der Waals surface area contributed by atoms with Crippen LogP contribution in [-0.2, 0) is 13.5 Å². The monoisotopic (exact) mass is 347 g/mol. The average Bonchev–Trinajstić information content (AvgIpc) is 2.70. The van der Waals surface area contributed by atoms with Crippen molar-refractivity contribution in [2.24, 2.45) is 7.05 Å². The van der Waals surface area contributed by atoms with E-state index in [1.807, 2.05) is 6.92 Å². The lowest BCUT2D eigenvalue weighted by Crippen LogP contribution is -2.31. The van der Waals surface area contributed by atoms with Crippen LogP contribution in [0.3, 0.4) is 0 Å². The molecular weight excluding hydrogens is 328 g/mol. The summed E-state index contributed by atoms with van der Waals surface area (Å²) >= 11 is 0. The number of carbonyl (C=O) groups is 2. The highest BCUT2D eigenvalue weighted by Crippen LogP contribution is 2.27. The van der Waals surface area contributed by atoms with Crippen LogP contribution in [-0.4, -0.2) is 22.4 Å². The second-order valence-corrected chi connectivity index (χ2v) is 6.34. The third kappa shape index (κ3) is 3.01. The molecule has 0 radical (unpaired) electrons. The number of aromatic nitrogens is 1. The smallest absolute Gasteiger partial charge is 0.272 e. The van der Waals surface area contributed by atoms with Crippen LogP contribution < -0.4 is 10.6 Å². The lowest BCUT2D eigenvalue weighted by atomic mass is 10.0. The van der Waals surface area contributed by atoms with Gasteiger partial charge in [0.15, 0.2) is 11.6 Å². The van der Waals surface area contributed by atoms with Gasteiger partial charge in [0.05, 0.1) is 5.56 Å². The minimum Gasteiger partial charge on any atom is -0.350 e. The number of nitrogens with zero attached hydrogens (tertiary/aromatic N) is 1. The third-order valence-electron chi connectivity index (χ3n) is 4.61. The molecule has 2 N–H and O–H groups in total. The Morgan fingerprint density at radius 1 is 1.32 bits per heavy atom. The summed E-state index contributed by atoms with van der Waals surface area (Å²) in [6.07, 6.45) is 1.30. The van der Waals surface area contributed by atoms with E-state index in [1.54, 1.807) is 18.5 Å². The summed E-state index contributed by atoms with van der Waals surface area (Å²) in [6, 6.07) is 3.19. The van der Waals surface area contributed by atoms with Crippen molar-refractivity contribution in [1.82, 2.24) is 9.88 Å². The number of nitrogens with one attached hydrogen (secondary N) is 2. The molecule has 1 aliphatic rings. The van der Waals surface area contributed by atoms with E-state index in [9.17, 15) is 18.4 Å². The van der Waals surface area contributed by atoms with Crippen LogP contribution in [0.25, 0.3) is 0 Å². The lowest BCUT2D eigenvalue weighted by Gasteiger charge is -2.11. The highest BCUT2D eigenvalue weighted by Gasteiger charge is 2.30. The minimum atomic E-state index is -1.03. The second-order valence-electron chi connectivity index (χ2n) is 6.34. The molecule has 2 heterocycles. The van der Waals surface area contributed by atoms with Crippen molar-refractivity contribution in [2.45, 2.75) is 32.7 Å². The molecule has 2 amide bonds. The van der Waals surface area contributed by atoms with Gasteiger partial charge in [0, 0.05) is 30.5 Å². The van der Waals surface area contributed by atoms with Gasteiger partial charge >= 0.3 is 0 Å². The molecule has 0 spiro atoms. The zero-order valence-corrected chi connectivity index (χ0v) is 14.2. The van der Waals surface area contributed by atoms with E-state index in [2.05, 4.69) is 10.6 Å². The molecule has 0 saturated carbocycles. The first-order valence-electron chi connectivity index (χ1n) is 8.05. The number of anilines is 1. The first-order chi connectivity index (χ1) is 11.8. The molecule has 25 heavy (non-hydrogen) atoms. The van der Waals surface area contributed by atoms with E-state index in [0.29, 0.717) is 35.4 Å². The Kier molecular flexibility index (Phi) is 4.32. The maximum Gasteiger partial charge on any atom is 0.272 e. The lowest BCUT2D eigenvalue weighted by molar-refractivity contribution is 0.0941. The Balaban J connectivity index is 1.99. The van der Waals surface area contributed by atoms with E-state index < -0.39 is 17.5 Å². The molecule has 1 aromatic heterocycles. The van der Waals surface area contributed by atoms with Gasteiger partial charge in [-0.05, 0) is 44.4 Å². The Bertz CT molecular complexity index is 874. The van der Waals surface area contributed by atoms with Gasteiger partial charge < -0.3 is 15.2 Å². The standard InChI is InChI=1S/C18H19F2N3O2/c1-9-4-6-12-15(17(24)21-9)10(2)23(3)16(12)18(25)22-11-5-7-13(19)14(20)8-11/h5,7-9H,4,6H2,1-3H3,(H,21,24)(H,22,25). The summed E-state index contributed by atoms with van der Waals surface area (Å²) in [5.41, 5.74) is 2.41. The Morgan fingerprint density at radius 2 is 2.04 bits per heavy atom. The van der Waals surface area contributed by atoms with Crippen LogP contribution in [0.5, 0.6) is 0 Å². The molecule has 2 aromatic rings. The first-order valence-corrected chi connectivity index (χ1v) is 8.05. The largest absolute Gasteiger partial charge is 0.350 e. The van der Waals surface area contributed by atoms with Gasteiger partial charge in [-0.2, -0.15) is 0 Å². The zero-order valence-electron chi connectivity index (χ0n) is 14.2. The summed E-state index contributed by atoms with van der Waals surface area (Å²) in [6.45, 7) is 3.70. The van der Waals surface area contributed by atoms with E-state index in [4.69, 9.17) is 0 Å². The summed E-state index contributed by atoms with van der Waals surface area (Å²) < 4.78 is 28.1. The van der Waals surface area contributed by atoms with Gasteiger partial charge in [0.2, 0.25) is 0 Å². The zero-order chi connectivity index (χ0) is 18.3. The summed E-state index contributed by atoms with van der Waals surface area (Å²) in [7, 11) is 1.71. The van der Waals surface area contributed by atoms with Crippen LogP contribution in [0, 0.1) is 18.6 Å². The van der Waals surface area contributed by atoms with Crippen LogP contribution in [0.1, 0.15) is 45.4 Å². The number of fused-ring (bicyclic) bond motifs is 1. The van der Waals surface area contributed by atoms with E-state index in [1.165, 1.54) is 6.07 Å². The fraction of sp³-hybridized carbons (Fsp3) is 0.333. The first kappa shape index (κ1) is 17.1. The van der Waals surface area contributed by atoms with Crippen molar-refractivity contribution in [3.8, 4) is 0 Å². The van der Waals surface area contributed by atoms with E-state index in [-0.39, 0.29) is 17.6 Å². The number of carbonyl (C=O) groups excluding carboxylic acids is 2. The summed E-state index contributed by atoms with van der Waals surface area (Å²) in [5, 5.41) is 5.49. The van der Waals surface area contributed by atoms with Gasteiger partial charge in [-0.15, -0.1) is 0 Å². The molecule has 0 fully saturated rings. The van der Waals surface area contributed by atoms with Gasteiger partial charge in [0.1, 0.15) is 5.69 Å². The van der Waals surface area contributed by atoms with E-state index in [0.717, 1.165) is 12.1 Å². The number of hydrogen-bond acceptors (Lipinski definition) is 2. The molecule has 132 valence electrons. The van der Waals surface area contributed by atoms with Gasteiger partial charge in [0.25, 0.3) is 11.8 Å². The molecule has 5 nitrogen and oxygen atoms in total. The number of amides is 2. The third-order valence-corrected chi connectivity index (χ3v) is 4.61. The maximum absolute atomic E-state index is 13.4. The van der Waals surface area contributed by atoms with Crippen molar-refractivity contribution in [1.29, 1.82) is 0 Å². The molecule has 1 atom stereocenters. The SMILES string of the molecule is Cc1c2c(c(C(=O)Nc3ccc(F)c(F)c3)n1C)CCC(C)NC2=O. The fourth-order valence-corrected chi connectivity index (χ4v) is 3.20. The molecule has 7 heteroatoms. The molecule has 1 unspecified atom stereocenters. The van der Waals surface area contributed by atoms with Gasteiger partial charge in [-0.3, -0.25) is 9.59 Å². The maximum atomic E-state index is 13.4.